The zero-order valence-corrected chi connectivity index (χ0v) is 12.6. The summed E-state index contributed by atoms with van der Waals surface area (Å²) in [7, 11) is 0. The molecule has 126 valence electrons. The molecule has 0 atom stereocenters. The first kappa shape index (κ1) is 18.5. The van der Waals surface area contributed by atoms with E-state index < -0.39 is 29.1 Å². The lowest BCUT2D eigenvalue weighted by Gasteiger charge is -2.25. The van der Waals surface area contributed by atoms with Gasteiger partial charge in [0.1, 0.15) is 6.26 Å². The molecule has 0 saturated heterocycles. The third-order valence-electron chi connectivity index (χ3n) is 3.02. The minimum Gasteiger partial charge on any atom is -0.513 e. The Hall–Kier alpha value is -2.51. The first-order valence-electron chi connectivity index (χ1n) is 6.76. The molecule has 1 amide bonds. The number of hydrogen-bond acceptors (Lipinski definition) is 4. The second kappa shape index (κ2) is 7.66. The van der Waals surface area contributed by atoms with E-state index in [1.807, 2.05) is 0 Å². The smallest absolute Gasteiger partial charge is 0.418 e. The number of rotatable bonds is 6. The number of amides is 1. The quantitative estimate of drug-likeness (QED) is 0.376. The summed E-state index contributed by atoms with van der Waals surface area (Å²) in [6, 6.07) is 3.41. The van der Waals surface area contributed by atoms with Gasteiger partial charge in [0.05, 0.1) is 17.9 Å². The molecule has 0 aliphatic heterocycles. The van der Waals surface area contributed by atoms with Crippen molar-refractivity contribution in [1.82, 2.24) is 0 Å². The third-order valence-corrected chi connectivity index (χ3v) is 3.02. The molecule has 23 heavy (non-hydrogen) atoms. The van der Waals surface area contributed by atoms with E-state index in [0.29, 0.717) is 4.90 Å². The van der Waals surface area contributed by atoms with Crippen LogP contribution in [0.5, 0.6) is 0 Å². The molecular formula is C15H16F3NO4. The number of aryl methyl sites for hydroxylation is 1. The normalized spacial score (nSPS) is 12.0. The van der Waals surface area contributed by atoms with Crippen LogP contribution in [0, 0.1) is 0 Å². The van der Waals surface area contributed by atoms with Gasteiger partial charge in [0.15, 0.2) is 5.70 Å². The summed E-state index contributed by atoms with van der Waals surface area (Å²) in [5.74, 6) is -1.11. The van der Waals surface area contributed by atoms with Crippen LogP contribution < -0.4 is 4.90 Å². The number of carbonyl (C=O) groups is 2. The molecule has 8 heteroatoms. The molecule has 0 saturated carbocycles. The van der Waals surface area contributed by atoms with Crippen LogP contribution in [0.4, 0.5) is 18.9 Å². The highest BCUT2D eigenvalue weighted by Crippen LogP contribution is 2.39. The van der Waals surface area contributed by atoms with Gasteiger partial charge in [-0.05, 0) is 25.0 Å². The van der Waals surface area contributed by atoms with Crippen LogP contribution in [-0.4, -0.2) is 24.1 Å². The third kappa shape index (κ3) is 4.02. The molecule has 1 N–H and O–H groups in total. The van der Waals surface area contributed by atoms with Gasteiger partial charge in [-0.15, -0.1) is 0 Å². The Labute approximate surface area is 131 Å². The zero-order chi connectivity index (χ0) is 17.6. The highest BCUT2D eigenvalue weighted by molar-refractivity contribution is 6.00. The molecular weight excluding hydrogens is 315 g/mol. The summed E-state index contributed by atoms with van der Waals surface area (Å²) in [6.07, 6.45) is -4.27. The Kier molecular flexibility index (Phi) is 6.18. The van der Waals surface area contributed by atoms with E-state index in [1.165, 1.54) is 19.1 Å². The van der Waals surface area contributed by atoms with Crippen molar-refractivity contribution in [1.29, 1.82) is 0 Å². The van der Waals surface area contributed by atoms with E-state index in [2.05, 4.69) is 4.74 Å². The molecule has 0 heterocycles. The van der Waals surface area contributed by atoms with Crippen LogP contribution in [0.15, 0.2) is 30.2 Å². The molecule has 1 aromatic carbocycles. The van der Waals surface area contributed by atoms with E-state index in [0.717, 1.165) is 6.07 Å². The summed E-state index contributed by atoms with van der Waals surface area (Å²) >= 11 is 0. The second-order valence-electron chi connectivity index (χ2n) is 4.37. The maximum absolute atomic E-state index is 13.2. The van der Waals surface area contributed by atoms with Gasteiger partial charge in [-0.2, -0.15) is 13.2 Å². The van der Waals surface area contributed by atoms with Crippen molar-refractivity contribution in [2.45, 2.75) is 26.4 Å². The number of hydrogen-bond donors (Lipinski definition) is 1. The first-order chi connectivity index (χ1) is 10.8. The van der Waals surface area contributed by atoms with Crippen molar-refractivity contribution < 1.29 is 32.6 Å². The van der Waals surface area contributed by atoms with E-state index >= 15 is 0 Å². The second-order valence-corrected chi connectivity index (χ2v) is 4.37. The minimum absolute atomic E-state index is 0.0305. The highest BCUT2D eigenvalue weighted by atomic mass is 19.4. The average Bonchev–Trinajstić information content (AvgIpc) is 2.51. The molecule has 5 nitrogen and oxygen atoms in total. The monoisotopic (exact) mass is 331 g/mol. The molecule has 0 radical (unpaired) electrons. The van der Waals surface area contributed by atoms with E-state index in [4.69, 9.17) is 0 Å². The number of nitrogens with zero attached hydrogens (tertiary/aromatic N) is 1. The summed E-state index contributed by atoms with van der Waals surface area (Å²) < 4.78 is 44.4. The van der Waals surface area contributed by atoms with Crippen LogP contribution in [0.1, 0.15) is 25.0 Å². The van der Waals surface area contributed by atoms with Crippen molar-refractivity contribution in [3.63, 3.8) is 0 Å². The number of anilines is 1. The maximum Gasteiger partial charge on any atom is 0.418 e. The van der Waals surface area contributed by atoms with Gasteiger partial charge in [0, 0.05) is 0 Å². The number of aliphatic hydroxyl groups excluding tert-OH is 1. The minimum atomic E-state index is -4.74. The molecule has 0 aromatic heterocycles. The largest absolute Gasteiger partial charge is 0.513 e. The van der Waals surface area contributed by atoms with Crippen LogP contribution >= 0.6 is 0 Å². The van der Waals surface area contributed by atoms with Crippen molar-refractivity contribution in [2.75, 3.05) is 11.5 Å². The van der Waals surface area contributed by atoms with Gasteiger partial charge in [0.2, 0.25) is 6.41 Å². The molecule has 0 unspecified atom stereocenters. The Bertz CT molecular complexity index is 611. The predicted molar refractivity (Wildman–Crippen MR) is 76.7 cm³/mol. The Morgan fingerprint density at radius 3 is 2.43 bits per heavy atom. The molecule has 1 aromatic rings. The molecule has 0 fully saturated rings. The molecule has 0 aliphatic carbocycles. The van der Waals surface area contributed by atoms with Gasteiger partial charge in [-0.25, -0.2) is 4.79 Å². The summed E-state index contributed by atoms with van der Waals surface area (Å²) in [6.45, 7) is 3.03. The summed E-state index contributed by atoms with van der Waals surface area (Å²) in [5, 5.41) is 9.20. The Balaban J connectivity index is 3.57. The number of para-hydroxylation sites is 1. The molecule has 0 aliphatic rings. The van der Waals surface area contributed by atoms with E-state index in [-0.39, 0.29) is 31.3 Å². The van der Waals surface area contributed by atoms with Gasteiger partial charge >= 0.3 is 12.1 Å². The van der Waals surface area contributed by atoms with Gasteiger partial charge in [-0.1, -0.05) is 19.1 Å². The maximum atomic E-state index is 13.2. The van der Waals surface area contributed by atoms with Gasteiger partial charge in [0.25, 0.3) is 0 Å². The van der Waals surface area contributed by atoms with Crippen molar-refractivity contribution in [3.8, 4) is 0 Å². The summed E-state index contributed by atoms with van der Waals surface area (Å²) in [5.41, 5.74) is -2.11. The van der Waals surface area contributed by atoms with Crippen LogP contribution in [0.25, 0.3) is 0 Å². The average molecular weight is 331 g/mol. The van der Waals surface area contributed by atoms with E-state index in [9.17, 15) is 27.9 Å². The Morgan fingerprint density at radius 2 is 2.00 bits per heavy atom. The van der Waals surface area contributed by atoms with Crippen LogP contribution in [0.3, 0.4) is 0 Å². The van der Waals surface area contributed by atoms with E-state index in [1.54, 1.807) is 6.92 Å². The Morgan fingerprint density at radius 1 is 1.35 bits per heavy atom. The predicted octanol–water partition coefficient (Wildman–Crippen LogP) is 3.19. The fourth-order valence-corrected chi connectivity index (χ4v) is 2.04. The number of esters is 1. The molecule has 1 rings (SSSR count). The fraction of sp³-hybridized carbons (Fsp3) is 0.333. The van der Waals surface area contributed by atoms with Crippen molar-refractivity contribution in [3.05, 3.63) is 41.3 Å². The first-order valence-corrected chi connectivity index (χ1v) is 6.76. The van der Waals surface area contributed by atoms with Gasteiger partial charge in [-0.3, -0.25) is 9.69 Å². The van der Waals surface area contributed by atoms with Crippen molar-refractivity contribution >= 4 is 18.1 Å². The standard InChI is InChI=1S/C15H16F3NO4/c1-3-10-6-5-7-11(15(16,17)18)13(10)19(9-21)12(8-20)14(22)23-4-2/h5-9,20H,3-4H2,1-2H3. The number of halogens is 3. The highest BCUT2D eigenvalue weighted by Gasteiger charge is 2.37. The number of alkyl halides is 3. The molecule has 0 bridgehead atoms. The van der Waals surface area contributed by atoms with Crippen LogP contribution in [0.2, 0.25) is 0 Å². The molecule has 0 spiro atoms. The number of carbonyl (C=O) groups excluding carboxylic acids is 2. The lowest BCUT2D eigenvalue weighted by molar-refractivity contribution is -0.140. The topological polar surface area (TPSA) is 66.8 Å². The zero-order valence-electron chi connectivity index (χ0n) is 12.6. The van der Waals surface area contributed by atoms with Gasteiger partial charge < -0.3 is 9.84 Å². The lowest BCUT2D eigenvalue weighted by atomic mass is 10.0. The summed E-state index contributed by atoms with van der Waals surface area (Å²) in [4.78, 5) is 23.6. The van der Waals surface area contributed by atoms with Crippen LogP contribution in [-0.2, 0) is 26.9 Å². The van der Waals surface area contributed by atoms with Crippen molar-refractivity contribution in [2.24, 2.45) is 0 Å². The SMILES string of the molecule is CCOC(=O)C(=CO)N(C=O)c1c(CC)cccc1C(F)(F)F. The lowest BCUT2D eigenvalue weighted by Crippen LogP contribution is -2.30. The number of aliphatic hydroxyl groups is 1. The fourth-order valence-electron chi connectivity index (χ4n) is 2.04. The number of ether oxygens (including phenoxy) is 1. The number of benzene rings is 1.